The molecule has 3 rings (SSSR count). The predicted molar refractivity (Wildman–Crippen MR) is 113 cm³/mol. The van der Waals surface area contributed by atoms with Crippen LogP contribution in [-0.2, 0) is 17.7 Å². The predicted octanol–water partition coefficient (Wildman–Crippen LogP) is 3.33. The van der Waals surface area contributed by atoms with Crippen molar-refractivity contribution in [3.05, 3.63) is 57.9 Å². The molecule has 0 atom stereocenters. The second kappa shape index (κ2) is 9.27. The number of H-pyrrole nitrogens is 1. The van der Waals surface area contributed by atoms with Crippen molar-refractivity contribution in [2.45, 2.75) is 40.2 Å². The minimum Gasteiger partial charge on any atom is -0.465 e. The smallest absolute Gasteiger partial charge is 0.339 e. The molecule has 1 aromatic heterocycles. The van der Waals surface area contributed by atoms with E-state index in [0.717, 1.165) is 31.6 Å². The summed E-state index contributed by atoms with van der Waals surface area (Å²) in [6, 6.07) is 8.56. The van der Waals surface area contributed by atoms with Gasteiger partial charge in [0.2, 0.25) is 0 Å². The first-order valence-electron chi connectivity index (χ1n) is 10.3. The van der Waals surface area contributed by atoms with E-state index in [1.54, 1.807) is 0 Å². The van der Waals surface area contributed by atoms with Gasteiger partial charge in [0.05, 0.1) is 12.7 Å². The number of piperazine rings is 1. The molecule has 0 unspecified atom stereocenters. The second-order valence-corrected chi connectivity index (χ2v) is 7.78. The normalized spacial score (nSPS) is 14.8. The molecule has 1 aromatic carbocycles. The van der Waals surface area contributed by atoms with Crippen molar-refractivity contribution in [3.8, 4) is 0 Å². The molecular formula is C23H31N3O3. The number of hydrogen-bond donors (Lipinski definition) is 1. The highest BCUT2D eigenvalue weighted by molar-refractivity contribution is 6.00. The molecule has 1 aliphatic heterocycles. The van der Waals surface area contributed by atoms with Crippen LogP contribution in [0.1, 0.15) is 56.6 Å². The van der Waals surface area contributed by atoms with E-state index in [1.807, 2.05) is 18.7 Å². The number of nitrogens with zero attached hydrogens (tertiary/aromatic N) is 2. The highest BCUT2D eigenvalue weighted by Crippen LogP contribution is 2.23. The number of carbonyl (C=O) groups excluding carboxylic acids is 2. The SMILES string of the molecule is CCCc1c(C(=O)N2CCN(Cc3cccc(C)c3)CC2)[nH]c(C)c1C(=O)OC. The number of methoxy groups -OCH3 is 1. The van der Waals surface area contributed by atoms with Gasteiger partial charge in [-0.2, -0.15) is 0 Å². The Hall–Kier alpha value is -2.60. The molecule has 1 N–H and O–H groups in total. The molecule has 6 nitrogen and oxygen atoms in total. The third-order valence-corrected chi connectivity index (χ3v) is 5.54. The van der Waals surface area contributed by atoms with Gasteiger partial charge in [-0.05, 0) is 31.4 Å². The van der Waals surface area contributed by atoms with Gasteiger partial charge in [0.15, 0.2) is 0 Å². The molecule has 0 aliphatic carbocycles. The number of carbonyl (C=O) groups is 2. The Balaban J connectivity index is 1.70. The van der Waals surface area contributed by atoms with Crippen LogP contribution in [0.25, 0.3) is 0 Å². The molecular weight excluding hydrogens is 366 g/mol. The van der Waals surface area contributed by atoms with Crippen LogP contribution in [0.2, 0.25) is 0 Å². The number of rotatable bonds is 6. The second-order valence-electron chi connectivity index (χ2n) is 7.78. The van der Waals surface area contributed by atoms with Gasteiger partial charge >= 0.3 is 5.97 Å². The molecule has 0 bridgehead atoms. The van der Waals surface area contributed by atoms with E-state index in [0.29, 0.717) is 36.5 Å². The van der Waals surface area contributed by atoms with Gasteiger partial charge in [-0.3, -0.25) is 9.69 Å². The van der Waals surface area contributed by atoms with Gasteiger partial charge in [0, 0.05) is 38.4 Å². The lowest BCUT2D eigenvalue weighted by molar-refractivity contribution is 0.0599. The molecule has 1 fully saturated rings. The summed E-state index contributed by atoms with van der Waals surface area (Å²) in [5, 5.41) is 0. The maximum Gasteiger partial charge on any atom is 0.339 e. The van der Waals surface area contributed by atoms with Gasteiger partial charge in [-0.15, -0.1) is 0 Å². The maximum absolute atomic E-state index is 13.2. The zero-order chi connectivity index (χ0) is 21.0. The van der Waals surface area contributed by atoms with Crippen molar-refractivity contribution in [1.29, 1.82) is 0 Å². The number of aromatic nitrogens is 1. The third-order valence-electron chi connectivity index (χ3n) is 5.54. The molecule has 156 valence electrons. The Morgan fingerprint density at radius 2 is 1.86 bits per heavy atom. The van der Waals surface area contributed by atoms with Gasteiger partial charge < -0.3 is 14.6 Å². The molecule has 0 radical (unpaired) electrons. The molecule has 1 amide bonds. The quantitative estimate of drug-likeness (QED) is 0.760. The summed E-state index contributed by atoms with van der Waals surface area (Å²) in [5.74, 6) is -0.411. The summed E-state index contributed by atoms with van der Waals surface area (Å²) in [5.41, 5.74) is 5.10. The van der Waals surface area contributed by atoms with Crippen LogP contribution >= 0.6 is 0 Å². The fraction of sp³-hybridized carbons (Fsp3) is 0.478. The molecule has 2 aromatic rings. The van der Waals surface area contributed by atoms with Crippen molar-refractivity contribution >= 4 is 11.9 Å². The zero-order valence-electron chi connectivity index (χ0n) is 17.9. The van der Waals surface area contributed by atoms with Crippen molar-refractivity contribution in [3.63, 3.8) is 0 Å². The maximum atomic E-state index is 13.2. The number of esters is 1. The van der Waals surface area contributed by atoms with E-state index in [1.165, 1.54) is 18.2 Å². The fourth-order valence-electron chi connectivity index (χ4n) is 4.07. The van der Waals surface area contributed by atoms with Crippen molar-refractivity contribution in [2.24, 2.45) is 0 Å². The van der Waals surface area contributed by atoms with Gasteiger partial charge in [-0.25, -0.2) is 4.79 Å². The van der Waals surface area contributed by atoms with E-state index < -0.39 is 0 Å². The summed E-state index contributed by atoms with van der Waals surface area (Å²) < 4.78 is 4.93. The minimum atomic E-state index is -0.385. The Bertz CT molecular complexity index is 879. The standard InChI is InChI=1S/C23H31N3O3/c1-5-7-19-20(23(28)29-4)17(3)24-21(19)22(27)26-12-10-25(11-13-26)15-18-9-6-8-16(2)14-18/h6,8-9,14,24H,5,7,10-13,15H2,1-4H3. The van der Waals surface area contributed by atoms with E-state index in [9.17, 15) is 9.59 Å². The van der Waals surface area contributed by atoms with Crippen LogP contribution in [0.3, 0.4) is 0 Å². The van der Waals surface area contributed by atoms with Crippen LogP contribution in [0.4, 0.5) is 0 Å². The van der Waals surface area contributed by atoms with Crippen molar-refractivity contribution in [1.82, 2.24) is 14.8 Å². The lowest BCUT2D eigenvalue weighted by Gasteiger charge is -2.34. The average Bonchev–Trinajstić information content (AvgIpc) is 3.04. The van der Waals surface area contributed by atoms with Crippen LogP contribution in [0.15, 0.2) is 24.3 Å². The largest absolute Gasteiger partial charge is 0.465 e. The van der Waals surface area contributed by atoms with E-state index >= 15 is 0 Å². The molecule has 1 aliphatic rings. The van der Waals surface area contributed by atoms with E-state index in [4.69, 9.17) is 4.74 Å². The summed E-state index contributed by atoms with van der Waals surface area (Å²) in [6.07, 6.45) is 1.52. The Kier molecular flexibility index (Phi) is 6.75. The average molecular weight is 398 g/mol. The summed E-state index contributed by atoms with van der Waals surface area (Å²) >= 11 is 0. The zero-order valence-corrected chi connectivity index (χ0v) is 17.9. The fourth-order valence-corrected chi connectivity index (χ4v) is 4.07. The Labute approximate surface area is 172 Å². The summed E-state index contributed by atoms with van der Waals surface area (Å²) in [6.45, 7) is 9.92. The van der Waals surface area contributed by atoms with Gasteiger partial charge in [0.1, 0.15) is 5.69 Å². The van der Waals surface area contributed by atoms with Gasteiger partial charge in [-0.1, -0.05) is 43.2 Å². The molecule has 0 spiro atoms. The summed E-state index contributed by atoms with van der Waals surface area (Å²) in [4.78, 5) is 32.8. The van der Waals surface area contributed by atoms with Crippen LogP contribution in [0.5, 0.6) is 0 Å². The molecule has 2 heterocycles. The Morgan fingerprint density at radius 3 is 2.48 bits per heavy atom. The van der Waals surface area contributed by atoms with E-state index in [-0.39, 0.29) is 11.9 Å². The monoisotopic (exact) mass is 397 g/mol. The summed E-state index contributed by atoms with van der Waals surface area (Å²) in [7, 11) is 1.37. The number of amides is 1. The number of ether oxygens (including phenoxy) is 1. The molecule has 1 saturated heterocycles. The number of nitrogens with one attached hydrogen (secondary N) is 1. The lowest BCUT2D eigenvalue weighted by atomic mass is 10.0. The Morgan fingerprint density at radius 1 is 1.14 bits per heavy atom. The van der Waals surface area contributed by atoms with Crippen LogP contribution in [-0.4, -0.2) is 59.9 Å². The number of benzene rings is 1. The first-order valence-corrected chi connectivity index (χ1v) is 10.3. The van der Waals surface area contributed by atoms with E-state index in [2.05, 4.69) is 41.1 Å². The van der Waals surface area contributed by atoms with Crippen molar-refractivity contribution in [2.75, 3.05) is 33.3 Å². The topological polar surface area (TPSA) is 65.6 Å². The first kappa shape index (κ1) is 21.1. The first-order chi connectivity index (χ1) is 13.9. The van der Waals surface area contributed by atoms with Crippen LogP contribution < -0.4 is 0 Å². The van der Waals surface area contributed by atoms with Crippen molar-refractivity contribution < 1.29 is 14.3 Å². The highest BCUT2D eigenvalue weighted by atomic mass is 16.5. The molecule has 29 heavy (non-hydrogen) atoms. The molecule has 6 heteroatoms. The number of aromatic amines is 1. The molecule has 0 saturated carbocycles. The van der Waals surface area contributed by atoms with Gasteiger partial charge in [0.25, 0.3) is 5.91 Å². The highest BCUT2D eigenvalue weighted by Gasteiger charge is 2.29. The van der Waals surface area contributed by atoms with Crippen LogP contribution in [0, 0.1) is 13.8 Å². The third kappa shape index (κ3) is 4.70. The number of hydrogen-bond acceptors (Lipinski definition) is 4. The lowest BCUT2D eigenvalue weighted by Crippen LogP contribution is -2.48. The number of aryl methyl sites for hydroxylation is 2. The minimum absolute atomic E-state index is 0.0260.